The summed E-state index contributed by atoms with van der Waals surface area (Å²) in [6.07, 6.45) is 2.62. The van der Waals surface area contributed by atoms with Crippen LogP contribution >= 0.6 is 6.72 Å². The molecule has 0 spiro atoms. The number of hydrogen-bond donors (Lipinski definition) is 6. The van der Waals surface area contributed by atoms with Crippen LogP contribution in [0.25, 0.3) is 0 Å². The predicted octanol–water partition coefficient (Wildman–Crippen LogP) is -0.246. The average Bonchev–Trinajstić information content (AvgIpc) is 3.25. The molecule has 0 aliphatic carbocycles. The zero-order chi connectivity index (χ0) is 32.7. The number of rotatable bonds is 20. The van der Waals surface area contributed by atoms with E-state index in [1.54, 1.807) is 7.11 Å². The monoisotopic (exact) mass is 666 g/mol. The van der Waals surface area contributed by atoms with Crippen LogP contribution in [0.1, 0.15) is 51.9 Å². The van der Waals surface area contributed by atoms with E-state index in [4.69, 9.17) is 47.6 Å². The summed E-state index contributed by atoms with van der Waals surface area (Å²) in [5, 5.41) is 35.1. The molecule has 0 aromatic rings. The molecule has 2 saturated heterocycles. The quantitative estimate of drug-likeness (QED) is 0.0432. The average molecular weight is 667 g/mol. The van der Waals surface area contributed by atoms with Gasteiger partial charge in [0.25, 0.3) is 0 Å². The lowest BCUT2D eigenvalue weighted by atomic mass is 9.82. The summed E-state index contributed by atoms with van der Waals surface area (Å²) in [4.78, 5) is 33.8. The van der Waals surface area contributed by atoms with E-state index in [-0.39, 0.29) is 25.0 Å². The van der Waals surface area contributed by atoms with Crippen LogP contribution in [0.4, 0.5) is 0 Å². The van der Waals surface area contributed by atoms with Gasteiger partial charge in [0.2, 0.25) is 11.8 Å². The molecule has 10 atom stereocenters. The predicted molar refractivity (Wildman–Crippen MR) is 164 cm³/mol. The van der Waals surface area contributed by atoms with Crippen molar-refractivity contribution in [2.45, 2.75) is 101 Å². The van der Waals surface area contributed by atoms with E-state index in [1.165, 1.54) is 14.0 Å². The van der Waals surface area contributed by atoms with Crippen molar-refractivity contribution in [3.63, 3.8) is 0 Å². The van der Waals surface area contributed by atoms with Crippen molar-refractivity contribution >= 4 is 38.2 Å². The van der Waals surface area contributed by atoms with E-state index in [1.807, 2.05) is 12.2 Å². The minimum Gasteiger partial charge on any atom is -0.394 e. The third kappa shape index (κ3) is 13.0. The molecule has 17 heteroatoms. The van der Waals surface area contributed by atoms with Crippen molar-refractivity contribution < 1.29 is 57.8 Å². The highest BCUT2D eigenvalue weighted by atomic mass is 32.5. The molecule has 2 rings (SSSR count). The Morgan fingerprint density at radius 1 is 1.07 bits per heavy atom. The molecule has 2 aliphatic rings. The molecular formula is C27H48BN2O12PS. The molecule has 2 amide bonds. The molecule has 0 saturated carbocycles. The van der Waals surface area contributed by atoms with E-state index >= 15 is 0 Å². The first-order valence-electron chi connectivity index (χ1n) is 14.8. The standard InChI is InChI=1S/C27H48BN2O12PS/c1-17(32)30-22-24(35)23(34)19(15-31)41-27(22)39-14-10-8-12-21(33)29-13-9-6-4-5-7-11-18-25(42-43(36,44)38-3)20(16-37-2)40-26(18)28/h5,7,18-20,22-27,31,34-35H,4,6,8-16H2,1-3H3,(H,29,33)(H,30,32)(H,36,44)/b7-5+/t18?,19-,20-,22-,23+,24-,25-,26-,27-,43?/m1/s1. The molecule has 0 aromatic heterocycles. The molecule has 0 aromatic carbocycles. The van der Waals surface area contributed by atoms with Crippen molar-refractivity contribution in [2.75, 3.05) is 40.6 Å². The fraction of sp³-hybridized carbons (Fsp3) is 0.852. The first-order chi connectivity index (χ1) is 20.9. The fourth-order valence-electron chi connectivity index (χ4n) is 5.03. The van der Waals surface area contributed by atoms with Crippen LogP contribution < -0.4 is 10.6 Å². The summed E-state index contributed by atoms with van der Waals surface area (Å²) in [7, 11) is 8.99. The molecule has 2 aliphatic heterocycles. The topological polar surface area (TPSA) is 194 Å². The second kappa shape index (κ2) is 20.3. The summed E-state index contributed by atoms with van der Waals surface area (Å²) in [5.74, 6) is -0.729. The van der Waals surface area contributed by atoms with Gasteiger partial charge in [0, 0.05) is 52.6 Å². The highest BCUT2D eigenvalue weighted by Gasteiger charge is 2.46. The molecule has 14 nitrogen and oxygen atoms in total. The summed E-state index contributed by atoms with van der Waals surface area (Å²) in [5.41, 5.74) is 0. The number of carbonyl (C=O) groups excluding carboxylic acids is 2. The van der Waals surface area contributed by atoms with Gasteiger partial charge in [-0.2, -0.15) is 0 Å². The summed E-state index contributed by atoms with van der Waals surface area (Å²) >= 11 is 5.01. The summed E-state index contributed by atoms with van der Waals surface area (Å²) in [6, 6.07) is -1.59. The number of ether oxygens (including phenoxy) is 4. The van der Waals surface area contributed by atoms with Gasteiger partial charge in [0.1, 0.15) is 44.4 Å². The Labute approximate surface area is 265 Å². The molecule has 2 unspecified atom stereocenters. The first kappa shape index (κ1) is 39.2. The highest BCUT2D eigenvalue weighted by molar-refractivity contribution is 8.07. The minimum absolute atomic E-state index is 0.0723. The van der Waals surface area contributed by atoms with Gasteiger partial charge in [-0.3, -0.25) is 9.59 Å². The van der Waals surface area contributed by atoms with Crippen molar-refractivity contribution in [3.8, 4) is 0 Å². The van der Waals surface area contributed by atoms with Crippen molar-refractivity contribution in [1.82, 2.24) is 10.6 Å². The number of hydrogen-bond acceptors (Lipinski definition) is 12. The molecular weight excluding hydrogens is 618 g/mol. The van der Waals surface area contributed by atoms with Crippen LogP contribution in [-0.2, 0) is 49.4 Å². The number of aliphatic hydroxyl groups excluding tert-OH is 3. The summed E-state index contributed by atoms with van der Waals surface area (Å²) < 4.78 is 32.7. The second-order valence-corrected chi connectivity index (χ2v) is 13.7. The third-order valence-corrected chi connectivity index (χ3v) is 9.06. The van der Waals surface area contributed by atoms with Crippen molar-refractivity contribution in [3.05, 3.63) is 12.2 Å². The van der Waals surface area contributed by atoms with Crippen LogP contribution in [-0.4, -0.2) is 129 Å². The van der Waals surface area contributed by atoms with Gasteiger partial charge < -0.3 is 58.8 Å². The molecule has 252 valence electrons. The molecule has 2 radical (unpaired) electrons. The SMILES string of the molecule is [B][C@@H]1O[C@H](COC)[C@H](OP(O)(=S)OC)C1C/C=C/CCCCNC(=O)CCCCO[C@@H]1O[C@H](CO)[C@H](O)[C@H](O)[C@H]1NC(C)=O. The van der Waals surface area contributed by atoms with Crippen LogP contribution in [0.15, 0.2) is 12.2 Å². The number of allylic oxidation sites excluding steroid dienone is 2. The largest absolute Gasteiger partial charge is 0.394 e. The van der Waals surface area contributed by atoms with Crippen LogP contribution in [0.2, 0.25) is 0 Å². The van der Waals surface area contributed by atoms with Gasteiger partial charge in [-0.15, -0.1) is 0 Å². The van der Waals surface area contributed by atoms with E-state index in [2.05, 4.69) is 10.6 Å². The van der Waals surface area contributed by atoms with Gasteiger partial charge >= 0.3 is 6.72 Å². The lowest BCUT2D eigenvalue weighted by Gasteiger charge is -2.42. The maximum absolute atomic E-state index is 12.2. The highest BCUT2D eigenvalue weighted by Crippen LogP contribution is 2.48. The molecule has 2 heterocycles. The van der Waals surface area contributed by atoms with Crippen molar-refractivity contribution in [1.29, 1.82) is 0 Å². The van der Waals surface area contributed by atoms with Crippen LogP contribution in [0.3, 0.4) is 0 Å². The van der Waals surface area contributed by atoms with E-state index < -0.39 is 68.1 Å². The Morgan fingerprint density at radius 3 is 2.48 bits per heavy atom. The Morgan fingerprint density at radius 2 is 1.82 bits per heavy atom. The number of amides is 2. The maximum atomic E-state index is 12.2. The maximum Gasteiger partial charge on any atom is 0.324 e. The smallest absolute Gasteiger partial charge is 0.324 e. The molecule has 0 bridgehead atoms. The number of aliphatic hydroxyl groups is 3. The van der Waals surface area contributed by atoms with Gasteiger partial charge in [0.15, 0.2) is 6.29 Å². The number of unbranched alkanes of at least 4 members (excludes halogenated alkanes) is 3. The van der Waals surface area contributed by atoms with Gasteiger partial charge in [-0.05, 0) is 50.3 Å². The summed E-state index contributed by atoms with van der Waals surface area (Å²) in [6.45, 7) is -1.66. The number of carbonyl (C=O) groups is 2. The zero-order valence-electron chi connectivity index (χ0n) is 25.6. The molecule has 2 fully saturated rings. The van der Waals surface area contributed by atoms with E-state index in [0.717, 1.165) is 19.3 Å². The minimum atomic E-state index is -3.41. The fourth-order valence-corrected chi connectivity index (χ4v) is 6.01. The molecule has 44 heavy (non-hydrogen) atoms. The van der Waals surface area contributed by atoms with E-state index in [0.29, 0.717) is 32.2 Å². The van der Waals surface area contributed by atoms with E-state index in [9.17, 15) is 29.8 Å². The number of nitrogens with one attached hydrogen (secondary N) is 2. The van der Waals surface area contributed by atoms with Gasteiger partial charge in [-0.1, -0.05) is 12.2 Å². The van der Waals surface area contributed by atoms with Gasteiger partial charge in [-0.25, -0.2) is 0 Å². The Balaban J connectivity index is 1.61. The Hall–Kier alpha value is -1.01. The lowest BCUT2D eigenvalue weighted by Crippen LogP contribution is -2.64. The normalized spacial score (nSPS) is 32.0. The van der Waals surface area contributed by atoms with Crippen molar-refractivity contribution in [2.24, 2.45) is 5.92 Å². The Kier molecular flexibility index (Phi) is 18.1. The van der Waals surface area contributed by atoms with Crippen LogP contribution in [0, 0.1) is 5.92 Å². The second-order valence-electron chi connectivity index (χ2n) is 10.8. The molecule has 6 N–H and O–H groups in total. The first-order valence-corrected chi connectivity index (χ1v) is 17.4. The number of methoxy groups -OCH3 is 1. The third-order valence-electron chi connectivity index (χ3n) is 7.38. The zero-order valence-corrected chi connectivity index (χ0v) is 27.3. The Bertz CT molecular complexity index is 953. The lowest BCUT2D eigenvalue weighted by molar-refractivity contribution is -0.270. The van der Waals surface area contributed by atoms with Gasteiger partial charge in [0.05, 0.1) is 13.2 Å². The van der Waals surface area contributed by atoms with Crippen LogP contribution in [0.5, 0.6) is 0 Å².